The van der Waals surface area contributed by atoms with Gasteiger partial charge < -0.3 is 21.3 Å². The van der Waals surface area contributed by atoms with Crippen LogP contribution < -0.4 is 21.3 Å². The van der Waals surface area contributed by atoms with E-state index in [-0.39, 0.29) is 11.6 Å². The van der Waals surface area contributed by atoms with Gasteiger partial charge in [-0.05, 0) is 36.8 Å². The number of rotatable bonds is 7. The standard InChI is InChI=1S/C22H21Cl2F3N4O3/c23-13-3-1-4-14(10-13)31-11-16(21(34)30-19-15(24)5-2-6-17(19)31)29-20(33)12(9-18(28)32)7-8-22(25,26)27/h1-6,10,12,16H,7-9,11H2,(H2,28,32)(H,29,33)(H,30,34). The van der Waals surface area contributed by atoms with Crippen LogP contribution in [0.1, 0.15) is 19.3 Å². The number of hydrogen-bond donors (Lipinski definition) is 3. The first-order valence-electron chi connectivity index (χ1n) is 10.2. The number of benzene rings is 2. The fraction of sp³-hybridized carbons (Fsp3) is 0.318. The van der Waals surface area contributed by atoms with Crippen molar-refractivity contribution in [2.75, 3.05) is 16.8 Å². The summed E-state index contributed by atoms with van der Waals surface area (Å²) in [6, 6.07) is 10.6. The van der Waals surface area contributed by atoms with Gasteiger partial charge >= 0.3 is 6.18 Å². The molecule has 0 radical (unpaired) electrons. The molecular weight excluding hydrogens is 496 g/mol. The van der Waals surface area contributed by atoms with Gasteiger partial charge in [0.1, 0.15) is 6.04 Å². The quantitative estimate of drug-likeness (QED) is 0.507. The molecule has 2 aromatic carbocycles. The van der Waals surface area contributed by atoms with E-state index in [2.05, 4.69) is 10.6 Å². The third kappa shape index (κ3) is 6.54. The molecule has 4 N–H and O–H groups in total. The number of nitrogens with two attached hydrogens (primary N) is 1. The first kappa shape index (κ1) is 25.6. The van der Waals surface area contributed by atoms with Crippen molar-refractivity contribution in [3.8, 4) is 0 Å². The van der Waals surface area contributed by atoms with Crippen LogP contribution in [-0.2, 0) is 14.4 Å². The van der Waals surface area contributed by atoms with Crippen LogP contribution in [0.5, 0.6) is 0 Å². The van der Waals surface area contributed by atoms with Crippen molar-refractivity contribution < 1.29 is 27.6 Å². The number of alkyl halides is 3. The van der Waals surface area contributed by atoms with Gasteiger partial charge in [-0.2, -0.15) is 13.2 Å². The van der Waals surface area contributed by atoms with Crippen molar-refractivity contribution in [2.45, 2.75) is 31.5 Å². The molecule has 0 fully saturated rings. The highest BCUT2D eigenvalue weighted by molar-refractivity contribution is 6.35. The molecule has 0 aliphatic carbocycles. The molecule has 0 bridgehead atoms. The summed E-state index contributed by atoms with van der Waals surface area (Å²) in [4.78, 5) is 38.8. The molecule has 0 aromatic heterocycles. The van der Waals surface area contributed by atoms with Crippen molar-refractivity contribution in [3.05, 3.63) is 52.5 Å². The summed E-state index contributed by atoms with van der Waals surface area (Å²) in [5.41, 5.74) is 6.56. The van der Waals surface area contributed by atoms with Crippen LogP contribution in [0.25, 0.3) is 0 Å². The van der Waals surface area contributed by atoms with Gasteiger partial charge in [0.2, 0.25) is 17.7 Å². The van der Waals surface area contributed by atoms with E-state index in [1.54, 1.807) is 47.4 Å². The number of nitrogens with one attached hydrogen (secondary N) is 2. The highest BCUT2D eigenvalue weighted by Gasteiger charge is 2.35. The van der Waals surface area contributed by atoms with Gasteiger partial charge in [-0.1, -0.05) is 35.3 Å². The third-order valence-corrected chi connectivity index (χ3v) is 5.79. The number of hydrogen-bond acceptors (Lipinski definition) is 4. The Morgan fingerprint density at radius 3 is 2.56 bits per heavy atom. The Labute approximate surface area is 203 Å². The lowest BCUT2D eigenvalue weighted by atomic mass is 9.97. The summed E-state index contributed by atoms with van der Waals surface area (Å²) >= 11 is 12.4. The molecule has 1 heterocycles. The molecule has 182 valence electrons. The Morgan fingerprint density at radius 1 is 1.21 bits per heavy atom. The van der Waals surface area contributed by atoms with Crippen molar-refractivity contribution in [1.29, 1.82) is 0 Å². The van der Waals surface area contributed by atoms with Crippen LogP contribution in [0.15, 0.2) is 42.5 Å². The van der Waals surface area contributed by atoms with E-state index in [1.807, 2.05) is 0 Å². The molecule has 1 aliphatic rings. The van der Waals surface area contributed by atoms with Gasteiger partial charge in [-0.25, -0.2) is 0 Å². The Balaban J connectivity index is 1.91. The van der Waals surface area contributed by atoms with E-state index >= 15 is 0 Å². The van der Waals surface area contributed by atoms with Gasteiger partial charge in [0, 0.05) is 29.5 Å². The SMILES string of the molecule is NC(=O)CC(CCC(F)(F)F)C(=O)NC1CN(c2cccc(Cl)c2)c2cccc(Cl)c2NC1=O. The molecule has 2 atom stereocenters. The zero-order valence-corrected chi connectivity index (χ0v) is 19.2. The van der Waals surface area contributed by atoms with Crippen molar-refractivity contribution in [3.63, 3.8) is 0 Å². The maximum absolute atomic E-state index is 13.0. The predicted octanol–water partition coefficient (Wildman–Crippen LogP) is 4.40. The maximum Gasteiger partial charge on any atom is 0.389 e. The highest BCUT2D eigenvalue weighted by Crippen LogP contribution is 2.39. The molecule has 12 heteroatoms. The number of fused-ring (bicyclic) bond motifs is 1. The zero-order chi connectivity index (χ0) is 25.0. The second-order valence-electron chi connectivity index (χ2n) is 7.80. The lowest BCUT2D eigenvalue weighted by Crippen LogP contribution is -2.50. The molecule has 2 aromatic rings. The van der Waals surface area contributed by atoms with Gasteiger partial charge in [0.25, 0.3) is 0 Å². The largest absolute Gasteiger partial charge is 0.389 e. The smallest absolute Gasteiger partial charge is 0.370 e. The second-order valence-corrected chi connectivity index (χ2v) is 8.64. The number of halogens is 5. The predicted molar refractivity (Wildman–Crippen MR) is 123 cm³/mol. The third-order valence-electron chi connectivity index (χ3n) is 5.24. The Morgan fingerprint density at radius 2 is 1.91 bits per heavy atom. The molecule has 34 heavy (non-hydrogen) atoms. The number of nitrogens with zero attached hydrogens (tertiary/aromatic N) is 1. The zero-order valence-electron chi connectivity index (χ0n) is 17.7. The molecule has 2 unspecified atom stereocenters. The summed E-state index contributed by atoms with van der Waals surface area (Å²) in [5.74, 6) is -3.78. The summed E-state index contributed by atoms with van der Waals surface area (Å²) in [6.07, 6.45) is -7.01. The van der Waals surface area contributed by atoms with E-state index in [4.69, 9.17) is 28.9 Å². The Bertz CT molecular complexity index is 1100. The minimum atomic E-state index is -4.52. The lowest BCUT2D eigenvalue weighted by molar-refractivity contribution is -0.143. The molecule has 0 spiro atoms. The Kier molecular flexibility index (Phi) is 7.93. The molecule has 7 nitrogen and oxygen atoms in total. The normalized spacial score (nSPS) is 16.8. The van der Waals surface area contributed by atoms with Crippen LogP contribution in [0, 0.1) is 5.92 Å². The topological polar surface area (TPSA) is 105 Å². The van der Waals surface area contributed by atoms with Crippen LogP contribution >= 0.6 is 23.2 Å². The van der Waals surface area contributed by atoms with Crippen LogP contribution in [0.3, 0.4) is 0 Å². The monoisotopic (exact) mass is 516 g/mol. The van der Waals surface area contributed by atoms with Gasteiger partial charge in [0.05, 0.1) is 22.9 Å². The summed E-state index contributed by atoms with van der Waals surface area (Å²) < 4.78 is 38.1. The van der Waals surface area contributed by atoms with Crippen LogP contribution in [-0.4, -0.2) is 36.5 Å². The van der Waals surface area contributed by atoms with E-state index < -0.39 is 55.1 Å². The minimum absolute atomic E-state index is 0.0756. The minimum Gasteiger partial charge on any atom is -0.370 e. The molecule has 0 saturated carbocycles. The molecule has 3 amide bonds. The average molecular weight is 517 g/mol. The fourth-order valence-electron chi connectivity index (χ4n) is 3.63. The number of primary amides is 1. The lowest BCUT2D eigenvalue weighted by Gasteiger charge is -2.28. The molecule has 1 aliphatic heterocycles. The second kappa shape index (κ2) is 10.5. The van der Waals surface area contributed by atoms with Gasteiger partial charge in [-0.15, -0.1) is 0 Å². The summed E-state index contributed by atoms with van der Waals surface area (Å²) in [6.45, 7) is -0.0756. The maximum atomic E-state index is 13.0. The van der Waals surface area contributed by atoms with Crippen molar-refractivity contribution in [1.82, 2.24) is 5.32 Å². The number of amides is 3. The van der Waals surface area contributed by atoms with Crippen LogP contribution in [0.4, 0.5) is 30.2 Å². The number of para-hydroxylation sites is 1. The van der Waals surface area contributed by atoms with E-state index in [1.165, 1.54) is 0 Å². The van der Waals surface area contributed by atoms with E-state index in [0.29, 0.717) is 22.1 Å². The first-order valence-corrected chi connectivity index (χ1v) is 11.0. The molecule has 3 rings (SSSR count). The van der Waals surface area contributed by atoms with Gasteiger partial charge in [-0.3, -0.25) is 14.4 Å². The number of carbonyl (C=O) groups is 3. The molecular formula is C22H21Cl2F3N4O3. The van der Waals surface area contributed by atoms with Crippen molar-refractivity contribution in [2.24, 2.45) is 11.7 Å². The first-order chi connectivity index (χ1) is 15.9. The van der Waals surface area contributed by atoms with E-state index in [9.17, 15) is 27.6 Å². The number of anilines is 3. The average Bonchev–Trinajstić information content (AvgIpc) is 2.88. The fourth-order valence-corrected chi connectivity index (χ4v) is 4.03. The van der Waals surface area contributed by atoms with Crippen LogP contribution in [0.2, 0.25) is 10.0 Å². The summed E-state index contributed by atoms with van der Waals surface area (Å²) in [5, 5.41) is 5.82. The highest BCUT2D eigenvalue weighted by atomic mass is 35.5. The summed E-state index contributed by atoms with van der Waals surface area (Å²) in [7, 11) is 0. The Hall–Kier alpha value is -2.98. The van der Waals surface area contributed by atoms with Gasteiger partial charge in [0.15, 0.2) is 0 Å². The van der Waals surface area contributed by atoms with E-state index in [0.717, 1.165) is 0 Å². The number of carbonyl (C=O) groups excluding carboxylic acids is 3. The van der Waals surface area contributed by atoms with Crippen molar-refractivity contribution >= 4 is 58.0 Å². The molecule has 0 saturated heterocycles.